The number of nitrogens with one attached hydrogen (secondary N) is 3. The number of benzene rings is 1. The van der Waals surface area contributed by atoms with Gasteiger partial charge in [0.2, 0.25) is 11.8 Å². The zero-order valence-electron chi connectivity index (χ0n) is 24.8. The van der Waals surface area contributed by atoms with Gasteiger partial charge >= 0.3 is 0 Å². The van der Waals surface area contributed by atoms with Crippen molar-refractivity contribution in [3.63, 3.8) is 0 Å². The summed E-state index contributed by atoms with van der Waals surface area (Å²) in [6.45, 7) is 11.7. The van der Waals surface area contributed by atoms with Gasteiger partial charge in [-0.15, -0.1) is 0 Å². The Balaban J connectivity index is 2.28. The number of thiol groups is 1. The van der Waals surface area contributed by atoms with Gasteiger partial charge in [0, 0.05) is 24.1 Å². The normalized spacial score (nSPS) is 18.4. The van der Waals surface area contributed by atoms with E-state index in [1.807, 2.05) is 65.0 Å². The molecule has 0 aromatic heterocycles. The van der Waals surface area contributed by atoms with Gasteiger partial charge in [-0.05, 0) is 50.0 Å². The number of carbonyl (C=O) groups is 3. The molecule has 11 heteroatoms. The van der Waals surface area contributed by atoms with Crippen molar-refractivity contribution in [2.24, 2.45) is 5.41 Å². The molecule has 3 atom stereocenters. The van der Waals surface area contributed by atoms with E-state index in [9.17, 15) is 22.8 Å². The van der Waals surface area contributed by atoms with Crippen LogP contribution in [0, 0.1) is 5.41 Å². The van der Waals surface area contributed by atoms with Crippen molar-refractivity contribution in [2.45, 2.75) is 84.3 Å². The van der Waals surface area contributed by atoms with Gasteiger partial charge in [0.1, 0.15) is 6.04 Å². The molecule has 0 bridgehead atoms. The highest BCUT2D eigenvalue weighted by molar-refractivity contribution is 8.04. The lowest BCUT2D eigenvalue weighted by Crippen LogP contribution is -2.61. The summed E-state index contributed by atoms with van der Waals surface area (Å²) in [5.74, 6) is -0.0581. The van der Waals surface area contributed by atoms with Crippen LogP contribution < -0.4 is 15.4 Å². The van der Waals surface area contributed by atoms with Gasteiger partial charge in [-0.25, -0.2) is 13.1 Å². The third kappa shape index (κ3) is 8.41. The van der Waals surface area contributed by atoms with E-state index >= 15 is 0 Å². The summed E-state index contributed by atoms with van der Waals surface area (Å²) in [6.07, 6.45) is 3.35. The lowest BCUT2D eigenvalue weighted by molar-refractivity contribution is -0.140. The van der Waals surface area contributed by atoms with Crippen LogP contribution in [0.15, 0.2) is 42.0 Å². The maximum atomic E-state index is 13.9. The summed E-state index contributed by atoms with van der Waals surface area (Å²) in [6, 6.07) is 7.85. The molecule has 1 aliphatic heterocycles. The Morgan fingerprint density at radius 3 is 2.27 bits per heavy atom. The average Bonchev–Trinajstić information content (AvgIpc) is 3.34. The van der Waals surface area contributed by atoms with E-state index in [0.29, 0.717) is 31.6 Å². The SMILES string of the molecule is CN[C@H](C(=O)N[C@H](C(=O)N1CCC[C@H]1/C=C(\C)C(=O)S(=O)(=O)NCCCS)C(C)(C)C)C(C)(C)c1ccccc1. The molecule has 1 aliphatic rings. The van der Waals surface area contributed by atoms with Crippen molar-refractivity contribution in [1.82, 2.24) is 20.3 Å². The monoisotopic (exact) mass is 594 g/mol. The fraction of sp³-hybridized carbons (Fsp3) is 0.621. The zero-order valence-corrected chi connectivity index (χ0v) is 26.5. The predicted molar refractivity (Wildman–Crippen MR) is 163 cm³/mol. The van der Waals surface area contributed by atoms with Gasteiger partial charge in [-0.1, -0.05) is 71.0 Å². The first kappa shape index (κ1) is 34.0. The largest absolute Gasteiger partial charge is 0.342 e. The number of amides is 2. The molecule has 0 radical (unpaired) electrons. The van der Waals surface area contributed by atoms with E-state index in [0.717, 1.165) is 5.56 Å². The van der Waals surface area contributed by atoms with Crippen molar-refractivity contribution in [2.75, 3.05) is 25.9 Å². The Hall–Kier alpha value is -2.21. The van der Waals surface area contributed by atoms with Crippen LogP contribution in [0.3, 0.4) is 0 Å². The Morgan fingerprint density at radius 2 is 1.73 bits per heavy atom. The summed E-state index contributed by atoms with van der Waals surface area (Å²) in [5, 5.41) is 5.14. The van der Waals surface area contributed by atoms with Crippen LogP contribution in [-0.4, -0.2) is 74.3 Å². The molecule has 224 valence electrons. The molecule has 0 aliphatic carbocycles. The third-order valence-electron chi connectivity index (χ3n) is 7.41. The molecule has 1 heterocycles. The Bertz CT molecular complexity index is 1180. The summed E-state index contributed by atoms with van der Waals surface area (Å²) in [4.78, 5) is 41.9. The minimum Gasteiger partial charge on any atom is -0.342 e. The van der Waals surface area contributed by atoms with Crippen molar-refractivity contribution in [3.05, 3.63) is 47.5 Å². The van der Waals surface area contributed by atoms with Gasteiger partial charge in [0.25, 0.3) is 15.1 Å². The van der Waals surface area contributed by atoms with E-state index < -0.39 is 44.1 Å². The van der Waals surface area contributed by atoms with Gasteiger partial charge in [0.05, 0.1) is 12.1 Å². The Labute approximate surface area is 245 Å². The molecule has 0 saturated carbocycles. The van der Waals surface area contributed by atoms with Crippen molar-refractivity contribution >= 4 is 39.6 Å². The number of sulfonamides is 1. The highest BCUT2D eigenvalue weighted by atomic mass is 32.2. The number of likely N-dealkylation sites (N-methyl/N-ethyl adjacent to an activating group) is 1. The van der Waals surface area contributed by atoms with Crippen molar-refractivity contribution in [1.29, 1.82) is 0 Å². The number of rotatable bonds is 12. The molecule has 1 fully saturated rings. The van der Waals surface area contributed by atoms with Crippen molar-refractivity contribution < 1.29 is 22.8 Å². The lowest BCUT2D eigenvalue weighted by atomic mass is 9.76. The van der Waals surface area contributed by atoms with Crippen LogP contribution in [0.1, 0.15) is 66.4 Å². The Morgan fingerprint density at radius 1 is 1.10 bits per heavy atom. The molecule has 2 amide bonds. The number of carbonyl (C=O) groups excluding carboxylic acids is 3. The van der Waals surface area contributed by atoms with E-state index in [-0.39, 0.29) is 23.9 Å². The topological polar surface area (TPSA) is 125 Å². The van der Waals surface area contributed by atoms with E-state index in [1.165, 1.54) is 6.92 Å². The number of hydrogen-bond donors (Lipinski definition) is 4. The quantitative estimate of drug-likeness (QED) is 0.168. The summed E-state index contributed by atoms with van der Waals surface area (Å²) in [5.41, 5.74) is -0.125. The second-order valence-corrected chi connectivity index (χ2v) is 14.1. The fourth-order valence-corrected chi connectivity index (χ4v) is 6.25. The minimum atomic E-state index is -4.17. The second-order valence-electron chi connectivity index (χ2n) is 12.0. The maximum absolute atomic E-state index is 13.9. The summed E-state index contributed by atoms with van der Waals surface area (Å²) in [7, 11) is -2.45. The van der Waals surface area contributed by atoms with Crippen LogP contribution in [0.5, 0.6) is 0 Å². The van der Waals surface area contributed by atoms with Crippen molar-refractivity contribution in [3.8, 4) is 0 Å². The zero-order chi connectivity index (χ0) is 30.3. The highest BCUT2D eigenvalue weighted by Crippen LogP contribution is 2.30. The second kappa shape index (κ2) is 14.1. The standard InChI is InChI=1S/C29H46N4O5S2/c1-20(27(36)40(37,38)31-16-12-18-39)19-22-15-11-17-33(22)26(35)24(28(2,3)4)32-25(34)23(30-7)29(5,6)21-13-9-8-10-14-21/h8-10,13-14,19,22-24,30-31,39H,11-12,15-18H2,1-7H3,(H,32,34)/b20-19+/t22-,23+,24+/m0/s1. The van der Waals surface area contributed by atoms with Crippen LogP contribution in [-0.2, 0) is 29.8 Å². The highest BCUT2D eigenvalue weighted by Gasteiger charge is 2.43. The number of nitrogens with zero attached hydrogens (tertiary/aromatic N) is 1. The molecule has 9 nitrogen and oxygen atoms in total. The molecular weight excluding hydrogens is 548 g/mol. The number of likely N-dealkylation sites (tertiary alicyclic amines) is 1. The molecule has 1 saturated heterocycles. The molecule has 1 aromatic carbocycles. The van der Waals surface area contributed by atoms with E-state index in [4.69, 9.17) is 0 Å². The molecule has 1 aromatic rings. The molecule has 40 heavy (non-hydrogen) atoms. The van der Waals surface area contributed by atoms with Gasteiger partial charge in [-0.2, -0.15) is 12.6 Å². The first-order chi connectivity index (χ1) is 18.6. The van der Waals surface area contributed by atoms with Gasteiger partial charge < -0.3 is 15.5 Å². The molecule has 3 N–H and O–H groups in total. The predicted octanol–water partition coefficient (Wildman–Crippen LogP) is 2.79. The van der Waals surface area contributed by atoms with Crippen LogP contribution in [0.4, 0.5) is 0 Å². The Kier molecular flexibility index (Phi) is 12.0. The molecular formula is C29H46N4O5S2. The number of hydrogen-bond acceptors (Lipinski definition) is 7. The smallest absolute Gasteiger partial charge is 0.287 e. The van der Waals surface area contributed by atoms with Crippen LogP contribution >= 0.6 is 12.6 Å². The van der Waals surface area contributed by atoms with Gasteiger partial charge in [0.15, 0.2) is 0 Å². The molecule has 2 rings (SSSR count). The first-order valence-corrected chi connectivity index (χ1v) is 15.9. The van der Waals surface area contributed by atoms with Gasteiger partial charge in [-0.3, -0.25) is 14.4 Å². The van der Waals surface area contributed by atoms with Crippen LogP contribution in [0.2, 0.25) is 0 Å². The van der Waals surface area contributed by atoms with E-state index in [1.54, 1.807) is 18.0 Å². The summed E-state index contributed by atoms with van der Waals surface area (Å²) < 4.78 is 27.1. The lowest BCUT2D eigenvalue weighted by Gasteiger charge is -2.39. The molecule has 0 spiro atoms. The average molecular weight is 595 g/mol. The summed E-state index contributed by atoms with van der Waals surface area (Å²) >= 11 is 4.06. The molecule has 0 unspecified atom stereocenters. The maximum Gasteiger partial charge on any atom is 0.287 e. The van der Waals surface area contributed by atoms with Crippen LogP contribution in [0.25, 0.3) is 0 Å². The minimum absolute atomic E-state index is 0.0549. The fourth-order valence-electron chi connectivity index (χ4n) is 5.05. The third-order valence-corrected chi connectivity index (χ3v) is 9.12. The first-order valence-electron chi connectivity index (χ1n) is 13.7. The van der Waals surface area contributed by atoms with E-state index in [2.05, 4.69) is 28.0 Å².